The number of ether oxygens (including phenoxy) is 1. The molecule has 0 radical (unpaired) electrons. The van der Waals surface area contributed by atoms with Gasteiger partial charge in [-0.3, -0.25) is 14.2 Å². The van der Waals surface area contributed by atoms with Crippen LogP contribution in [0.5, 0.6) is 0 Å². The Labute approximate surface area is 130 Å². The van der Waals surface area contributed by atoms with E-state index in [1.807, 2.05) is 5.38 Å². The minimum atomic E-state index is -0.196. The summed E-state index contributed by atoms with van der Waals surface area (Å²) < 4.78 is 7.26. The summed E-state index contributed by atoms with van der Waals surface area (Å²) >= 11 is 1.32. The zero-order valence-corrected chi connectivity index (χ0v) is 12.8. The van der Waals surface area contributed by atoms with E-state index in [1.165, 1.54) is 22.2 Å². The molecule has 3 heterocycles. The predicted octanol–water partition coefficient (Wildman–Crippen LogP) is -0.0747. The molecule has 1 N–H and O–H groups in total. The van der Waals surface area contributed by atoms with Crippen LogP contribution in [0.4, 0.5) is 0 Å². The first-order chi connectivity index (χ1) is 10.7. The third-order valence-corrected chi connectivity index (χ3v) is 4.58. The second kappa shape index (κ2) is 6.55. The zero-order chi connectivity index (χ0) is 15.5. The summed E-state index contributed by atoms with van der Waals surface area (Å²) in [7, 11) is 0. The van der Waals surface area contributed by atoms with Gasteiger partial charge in [-0.1, -0.05) is 0 Å². The van der Waals surface area contributed by atoms with E-state index in [2.05, 4.69) is 4.98 Å². The van der Waals surface area contributed by atoms with Crippen LogP contribution in [0.2, 0.25) is 0 Å². The third kappa shape index (κ3) is 3.03. The van der Waals surface area contributed by atoms with Crippen LogP contribution in [0.1, 0.15) is 0 Å². The van der Waals surface area contributed by atoms with Crippen LogP contribution < -0.4 is 5.56 Å². The van der Waals surface area contributed by atoms with E-state index in [4.69, 9.17) is 4.74 Å². The van der Waals surface area contributed by atoms with E-state index >= 15 is 0 Å². The van der Waals surface area contributed by atoms with Crippen LogP contribution in [-0.4, -0.2) is 58.4 Å². The van der Waals surface area contributed by atoms with Crippen LogP contribution >= 0.6 is 11.3 Å². The highest BCUT2D eigenvalue weighted by molar-refractivity contribution is 7.17. The number of thiophene rings is 1. The molecule has 0 bridgehead atoms. The molecule has 3 rings (SSSR count). The molecular formula is C14H17N3O4S. The number of hydrogen-bond donors (Lipinski definition) is 1. The predicted molar refractivity (Wildman–Crippen MR) is 81.9 cm³/mol. The smallest absolute Gasteiger partial charge is 0.271 e. The molecule has 2 aromatic rings. The van der Waals surface area contributed by atoms with Gasteiger partial charge < -0.3 is 14.7 Å². The fraction of sp³-hybridized carbons (Fsp3) is 0.500. The number of carbonyl (C=O) groups is 1. The Balaban J connectivity index is 1.77. The Hall–Kier alpha value is -1.77. The largest absolute Gasteiger partial charge is 0.396 e. The van der Waals surface area contributed by atoms with Crippen molar-refractivity contribution in [2.45, 2.75) is 6.54 Å². The Bertz CT molecular complexity index is 726. The second-order valence-electron chi connectivity index (χ2n) is 5.28. The molecule has 1 unspecified atom stereocenters. The Morgan fingerprint density at radius 1 is 1.55 bits per heavy atom. The summed E-state index contributed by atoms with van der Waals surface area (Å²) in [4.78, 5) is 30.5. The number of aliphatic hydroxyl groups excluding tert-OH is 1. The van der Waals surface area contributed by atoms with Crippen LogP contribution in [-0.2, 0) is 16.1 Å². The highest BCUT2D eigenvalue weighted by atomic mass is 32.1. The average molecular weight is 323 g/mol. The van der Waals surface area contributed by atoms with Gasteiger partial charge in [-0.15, -0.1) is 11.3 Å². The number of amides is 1. The molecule has 1 amide bonds. The standard InChI is InChI=1S/C14H17N3O4S/c18-7-10-5-16(2-3-21-8-10)12(19)6-17-9-15-11-1-4-22-13(11)14(17)20/h1,4,9-10,18H,2-3,5-8H2. The van der Waals surface area contributed by atoms with Gasteiger partial charge in [-0.25, -0.2) is 4.98 Å². The molecule has 1 aliphatic rings. The average Bonchev–Trinajstić information content (AvgIpc) is 2.87. The molecular weight excluding hydrogens is 306 g/mol. The molecule has 1 aliphatic heterocycles. The molecule has 1 fully saturated rings. The maximum absolute atomic E-state index is 12.4. The number of aliphatic hydroxyl groups is 1. The topological polar surface area (TPSA) is 84.7 Å². The first-order valence-electron chi connectivity index (χ1n) is 7.08. The second-order valence-corrected chi connectivity index (χ2v) is 6.19. The van der Waals surface area contributed by atoms with E-state index in [1.54, 1.807) is 11.0 Å². The van der Waals surface area contributed by atoms with Crippen LogP contribution in [0, 0.1) is 5.92 Å². The SMILES string of the molecule is O=C(Cn1cnc2ccsc2c1=O)N1CCOCC(CO)C1. The summed E-state index contributed by atoms with van der Waals surface area (Å²) in [5.74, 6) is -0.246. The van der Waals surface area contributed by atoms with Crippen LogP contribution in [0.15, 0.2) is 22.6 Å². The van der Waals surface area contributed by atoms with Gasteiger partial charge in [-0.05, 0) is 11.4 Å². The molecule has 0 aromatic carbocycles. The lowest BCUT2D eigenvalue weighted by Gasteiger charge is -2.22. The molecule has 1 atom stereocenters. The Kier molecular flexibility index (Phi) is 4.51. The van der Waals surface area contributed by atoms with E-state index < -0.39 is 0 Å². The molecule has 0 saturated carbocycles. The van der Waals surface area contributed by atoms with Crippen molar-refractivity contribution >= 4 is 27.5 Å². The van der Waals surface area contributed by atoms with Gasteiger partial charge in [0.05, 0.1) is 25.1 Å². The van der Waals surface area contributed by atoms with Gasteiger partial charge in [0.15, 0.2) is 0 Å². The number of aromatic nitrogens is 2. The summed E-state index contributed by atoms with van der Waals surface area (Å²) in [6.07, 6.45) is 1.41. The molecule has 118 valence electrons. The van der Waals surface area contributed by atoms with Crippen molar-refractivity contribution in [2.75, 3.05) is 32.9 Å². The van der Waals surface area contributed by atoms with Crippen molar-refractivity contribution in [3.05, 3.63) is 28.1 Å². The maximum Gasteiger partial charge on any atom is 0.271 e. The van der Waals surface area contributed by atoms with Crippen molar-refractivity contribution in [2.24, 2.45) is 5.92 Å². The monoisotopic (exact) mass is 323 g/mol. The van der Waals surface area contributed by atoms with E-state index in [0.29, 0.717) is 36.5 Å². The number of nitrogens with zero attached hydrogens (tertiary/aromatic N) is 3. The molecule has 1 saturated heterocycles. The number of fused-ring (bicyclic) bond motifs is 1. The lowest BCUT2D eigenvalue weighted by atomic mass is 10.1. The summed E-state index contributed by atoms with van der Waals surface area (Å²) in [5, 5.41) is 11.1. The summed E-state index contributed by atoms with van der Waals surface area (Å²) in [6, 6.07) is 1.78. The van der Waals surface area contributed by atoms with Gasteiger partial charge in [0.2, 0.25) is 5.91 Å². The number of hydrogen-bond acceptors (Lipinski definition) is 6. The lowest BCUT2D eigenvalue weighted by molar-refractivity contribution is -0.132. The van der Waals surface area contributed by atoms with Crippen LogP contribution in [0.25, 0.3) is 10.2 Å². The van der Waals surface area contributed by atoms with E-state index in [9.17, 15) is 14.7 Å². The Morgan fingerprint density at radius 3 is 3.23 bits per heavy atom. The van der Waals surface area contributed by atoms with E-state index in [0.717, 1.165) is 0 Å². The summed E-state index contributed by atoms with van der Waals surface area (Å²) in [6.45, 7) is 1.74. The van der Waals surface area contributed by atoms with Crippen molar-refractivity contribution in [1.82, 2.24) is 14.5 Å². The minimum absolute atomic E-state index is 0.0214. The molecule has 22 heavy (non-hydrogen) atoms. The van der Waals surface area contributed by atoms with Crippen molar-refractivity contribution in [3.8, 4) is 0 Å². The fourth-order valence-corrected chi connectivity index (χ4v) is 3.25. The van der Waals surface area contributed by atoms with E-state index in [-0.39, 0.29) is 30.5 Å². The third-order valence-electron chi connectivity index (χ3n) is 3.69. The number of rotatable bonds is 3. The van der Waals surface area contributed by atoms with Gasteiger partial charge >= 0.3 is 0 Å². The maximum atomic E-state index is 12.4. The van der Waals surface area contributed by atoms with Gasteiger partial charge in [0.1, 0.15) is 11.2 Å². The molecule has 8 heteroatoms. The van der Waals surface area contributed by atoms with Gasteiger partial charge in [0.25, 0.3) is 5.56 Å². The number of carbonyl (C=O) groups excluding carboxylic acids is 1. The minimum Gasteiger partial charge on any atom is -0.396 e. The highest BCUT2D eigenvalue weighted by Crippen LogP contribution is 2.13. The molecule has 7 nitrogen and oxygen atoms in total. The first kappa shape index (κ1) is 15.1. The van der Waals surface area contributed by atoms with Crippen molar-refractivity contribution in [3.63, 3.8) is 0 Å². The van der Waals surface area contributed by atoms with Crippen molar-refractivity contribution < 1.29 is 14.6 Å². The van der Waals surface area contributed by atoms with Gasteiger partial charge in [-0.2, -0.15) is 0 Å². The highest BCUT2D eigenvalue weighted by Gasteiger charge is 2.22. The quantitative estimate of drug-likeness (QED) is 0.854. The Morgan fingerprint density at radius 2 is 2.41 bits per heavy atom. The van der Waals surface area contributed by atoms with Crippen molar-refractivity contribution in [1.29, 1.82) is 0 Å². The fourth-order valence-electron chi connectivity index (χ4n) is 2.45. The van der Waals surface area contributed by atoms with Gasteiger partial charge in [0, 0.05) is 25.6 Å². The first-order valence-corrected chi connectivity index (χ1v) is 7.96. The summed E-state index contributed by atoms with van der Waals surface area (Å²) in [5.41, 5.74) is 0.459. The zero-order valence-electron chi connectivity index (χ0n) is 12.0. The molecule has 0 spiro atoms. The molecule has 0 aliphatic carbocycles. The normalized spacial score (nSPS) is 19.3. The lowest BCUT2D eigenvalue weighted by Crippen LogP contribution is -2.40. The van der Waals surface area contributed by atoms with Crippen LogP contribution in [0.3, 0.4) is 0 Å². The molecule has 2 aromatic heterocycles.